The van der Waals surface area contributed by atoms with Gasteiger partial charge in [-0.1, -0.05) is 23.2 Å². The maximum atomic E-state index is 6.56. The van der Waals surface area contributed by atoms with Crippen molar-refractivity contribution in [2.75, 3.05) is 31.1 Å². The van der Waals surface area contributed by atoms with Crippen molar-refractivity contribution in [1.82, 2.24) is 15.3 Å². The molecule has 1 saturated heterocycles. The predicted molar refractivity (Wildman–Crippen MR) is 123 cm³/mol. The van der Waals surface area contributed by atoms with Crippen molar-refractivity contribution in [3.8, 4) is 16.9 Å². The highest BCUT2D eigenvalue weighted by atomic mass is 35.5. The molecule has 7 heteroatoms. The number of ether oxygens (including phenoxy) is 1. The first-order valence-corrected chi connectivity index (χ1v) is 10.7. The summed E-state index contributed by atoms with van der Waals surface area (Å²) in [5.74, 6) is 1.45. The largest absolute Gasteiger partial charge is 0.486 e. The maximum Gasteiger partial charge on any atom is 0.157 e. The third-order valence-corrected chi connectivity index (χ3v) is 5.95. The van der Waals surface area contributed by atoms with Gasteiger partial charge in [-0.05, 0) is 60.9 Å². The molecule has 0 aliphatic carbocycles. The van der Waals surface area contributed by atoms with Crippen molar-refractivity contribution in [1.29, 1.82) is 0 Å². The van der Waals surface area contributed by atoms with E-state index in [-0.39, 0.29) is 0 Å². The number of nitrogens with zero attached hydrogens (tertiary/aromatic N) is 3. The summed E-state index contributed by atoms with van der Waals surface area (Å²) < 4.78 is 5.99. The Bertz CT molecular complexity index is 1010. The molecule has 1 aromatic carbocycles. The van der Waals surface area contributed by atoms with Crippen LogP contribution in [-0.2, 0) is 6.61 Å². The molecule has 1 N–H and O–H groups in total. The van der Waals surface area contributed by atoms with E-state index in [2.05, 4.69) is 26.3 Å². The molecule has 0 saturated carbocycles. The molecule has 30 heavy (non-hydrogen) atoms. The van der Waals surface area contributed by atoms with Crippen LogP contribution in [0.5, 0.6) is 5.75 Å². The predicted octanol–water partition coefficient (Wildman–Crippen LogP) is 5.06. The van der Waals surface area contributed by atoms with Crippen molar-refractivity contribution in [2.45, 2.75) is 20.5 Å². The zero-order valence-corrected chi connectivity index (χ0v) is 18.6. The Balaban J connectivity index is 1.57. The quantitative estimate of drug-likeness (QED) is 0.598. The van der Waals surface area contributed by atoms with Gasteiger partial charge in [0, 0.05) is 49.8 Å². The molecule has 1 aliphatic heterocycles. The molecule has 0 atom stereocenters. The number of halogens is 2. The van der Waals surface area contributed by atoms with Crippen LogP contribution in [0.25, 0.3) is 11.1 Å². The number of piperazine rings is 1. The van der Waals surface area contributed by atoms with Crippen LogP contribution >= 0.6 is 23.2 Å². The van der Waals surface area contributed by atoms with Crippen LogP contribution in [0.15, 0.2) is 42.7 Å². The minimum Gasteiger partial charge on any atom is -0.486 e. The summed E-state index contributed by atoms with van der Waals surface area (Å²) in [5, 5.41) is 4.33. The highest BCUT2D eigenvalue weighted by Crippen LogP contribution is 2.38. The van der Waals surface area contributed by atoms with E-state index >= 15 is 0 Å². The zero-order chi connectivity index (χ0) is 21.1. The number of aryl methyl sites for hydroxylation is 2. The normalized spacial score (nSPS) is 14.1. The van der Waals surface area contributed by atoms with Gasteiger partial charge in [0.25, 0.3) is 0 Å². The van der Waals surface area contributed by atoms with Crippen molar-refractivity contribution in [3.63, 3.8) is 0 Å². The summed E-state index contributed by atoms with van der Waals surface area (Å²) in [4.78, 5) is 11.1. The number of nitrogens with one attached hydrogen (secondary N) is 1. The zero-order valence-electron chi connectivity index (χ0n) is 17.1. The summed E-state index contributed by atoms with van der Waals surface area (Å²) in [6.45, 7) is 8.19. The minimum absolute atomic E-state index is 0.368. The molecule has 0 radical (unpaired) electrons. The maximum absolute atomic E-state index is 6.56. The van der Waals surface area contributed by atoms with Gasteiger partial charge in [0.15, 0.2) is 5.75 Å². The summed E-state index contributed by atoms with van der Waals surface area (Å²) >= 11 is 13.1. The first kappa shape index (κ1) is 20.9. The fourth-order valence-electron chi connectivity index (χ4n) is 3.62. The van der Waals surface area contributed by atoms with Gasteiger partial charge < -0.3 is 15.0 Å². The van der Waals surface area contributed by atoms with E-state index in [0.717, 1.165) is 59.9 Å². The van der Waals surface area contributed by atoms with Crippen LogP contribution in [0, 0.1) is 13.8 Å². The molecule has 5 nitrogen and oxygen atoms in total. The Morgan fingerprint density at radius 1 is 0.967 bits per heavy atom. The van der Waals surface area contributed by atoms with E-state index in [1.54, 1.807) is 6.20 Å². The lowest BCUT2D eigenvalue weighted by molar-refractivity contribution is 0.304. The third kappa shape index (κ3) is 4.53. The van der Waals surface area contributed by atoms with Gasteiger partial charge in [0.05, 0.1) is 10.0 Å². The summed E-state index contributed by atoms with van der Waals surface area (Å²) in [5.41, 5.74) is 5.07. The molecule has 0 unspecified atom stereocenters. The fraction of sp³-hybridized carbons (Fsp3) is 0.304. The SMILES string of the molecule is Cc1ccnc(C)c1COc1c(Cl)cc(-c2ccnc(N3CCNCC3)c2)cc1Cl. The smallest absolute Gasteiger partial charge is 0.157 e. The Morgan fingerprint density at radius 2 is 1.67 bits per heavy atom. The first-order valence-electron chi connectivity index (χ1n) is 9.98. The molecule has 156 valence electrons. The van der Waals surface area contributed by atoms with Crippen molar-refractivity contribution < 1.29 is 4.74 Å². The first-order chi connectivity index (χ1) is 14.5. The molecular weight excluding hydrogens is 419 g/mol. The van der Waals surface area contributed by atoms with E-state index in [0.29, 0.717) is 22.4 Å². The molecule has 0 amide bonds. The van der Waals surface area contributed by atoms with Crippen molar-refractivity contribution in [2.24, 2.45) is 0 Å². The topological polar surface area (TPSA) is 50.3 Å². The van der Waals surface area contributed by atoms with Gasteiger partial charge >= 0.3 is 0 Å². The van der Waals surface area contributed by atoms with E-state index < -0.39 is 0 Å². The van der Waals surface area contributed by atoms with E-state index in [9.17, 15) is 0 Å². The number of hydrogen-bond donors (Lipinski definition) is 1. The minimum atomic E-state index is 0.368. The van der Waals surface area contributed by atoms with Crippen LogP contribution in [0.3, 0.4) is 0 Å². The van der Waals surface area contributed by atoms with E-state index in [1.165, 1.54) is 0 Å². The van der Waals surface area contributed by atoms with Crippen molar-refractivity contribution >= 4 is 29.0 Å². The van der Waals surface area contributed by atoms with Crippen LogP contribution in [0.2, 0.25) is 10.0 Å². The number of anilines is 1. The summed E-state index contributed by atoms with van der Waals surface area (Å²) in [7, 11) is 0. The third-order valence-electron chi connectivity index (χ3n) is 5.38. The highest BCUT2D eigenvalue weighted by molar-refractivity contribution is 6.37. The van der Waals surface area contributed by atoms with Crippen molar-refractivity contribution in [3.05, 3.63) is 69.6 Å². The molecule has 1 aliphatic rings. The molecule has 2 aromatic heterocycles. The molecule has 3 heterocycles. The van der Waals surface area contributed by atoms with Crippen LogP contribution in [0.1, 0.15) is 16.8 Å². The van der Waals surface area contributed by atoms with Gasteiger partial charge in [-0.25, -0.2) is 4.98 Å². The number of rotatable bonds is 5. The number of benzene rings is 1. The van der Waals surface area contributed by atoms with E-state index in [4.69, 9.17) is 27.9 Å². The standard InChI is InChI=1S/C23H24Cl2N4O/c1-15-3-5-27-16(2)19(15)14-30-23-20(24)11-18(12-21(23)25)17-4-6-28-22(13-17)29-9-7-26-8-10-29/h3-6,11-13,26H,7-10,14H2,1-2H3. The number of pyridine rings is 2. The molecule has 3 aromatic rings. The Morgan fingerprint density at radius 3 is 2.37 bits per heavy atom. The Labute approximate surface area is 187 Å². The number of aromatic nitrogens is 2. The lowest BCUT2D eigenvalue weighted by atomic mass is 10.1. The Hall–Kier alpha value is -2.34. The lowest BCUT2D eigenvalue weighted by Crippen LogP contribution is -2.43. The van der Waals surface area contributed by atoms with E-state index in [1.807, 2.05) is 44.3 Å². The molecule has 4 rings (SSSR count). The second-order valence-electron chi connectivity index (χ2n) is 7.39. The van der Waals surface area contributed by atoms with Gasteiger partial charge in [0.2, 0.25) is 0 Å². The highest BCUT2D eigenvalue weighted by Gasteiger charge is 2.15. The molecule has 0 spiro atoms. The fourth-order valence-corrected chi connectivity index (χ4v) is 4.21. The second-order valence-corrected chi connectivity index (χ2v) is 8.20. The monoisotopic (exact) mass is 442 g/mol. The second kappa shape index (κ2) is 9.21. The van der Waals surface area contributed by atoms with Crippen LogP contribution in [0.4, 0.5) is 5.82 Å². The average Bonchev–Trinajstić information content (AvgIpc) is 2.75. The summed E-state index contributed by atoms with van der Waals surface area (Å²) in [6, 6.07) is 9.80. The lowest BCUT2D eigenvalue weighted by Gasteiger charge is -2.28. The molecule has 1 fully saturated rings. The summed E-state index contributed by atoms with van der Waals surface area (Å²) in [6.07, 6.45) is 3.62. The number of hydrogen-bond acceptors (Lipinski definition) is 5. The Kier molecular flexibility index (Phi) is 6.42. The van der Waals surface area contributed by atoms with Crippen LogP contribution < -0.4 is 15.0 Å². The van der Waals surface area contributed by atoms with Gasteiger partial charge in [0.1, 0.15) is 12.4 Å². The molecular formula is C23H24Cl2N4O. The molecule has 0 bridgehead atoms. The van der Waals surface area contributed by atoms with Gasteiger partial charge in [-0.2, -0.15) is 0 Å². The van der Waals surface area contributed by atoms with Gasteiger partial charge in [-0.15, -0.1) is 0 Å². The van der Waals surface area contributed by atoms with Crippen LogP contribution in [-0.4, -0.2) is 36.1 Å². The average molecular weight is 443 g/mol. The van der Waals surface area contributed by atoms with Gasteiger partial charge in [-0.3, -0.25) is 4.98 Å².